The van der Waals surface area contributed by atoms with Gasteiger partial charge in [0.05, 0.1) is 10.9 Å². The molecular weight excluding hydrogens is 195 g/mol. The van der Waals surface area contributed by atoms with Crippen LogP contribution in [0.5, 0.6) is 0 Å². The zero-order valence-corrected chi connectivity index (χ0v) is 8.53. The number of hydrogen-bond acceptors (Lipinski definition) is 3. The van der Waals surface area contributed by atoms with E-state index in [1.165, 1.54) is 4.68 Å². The molecular formula is C10H11FN4. The second-order valence-corrected chi connectivity index (χ2v) is 3.30. The number of rotatable bonds is 1. The Kier molecular flexibility index (Phi) is 2.15. The molecule has 2 N–H and O–H groups in total. The Balaban J connectivity index is 2.79. The van der Waals surface area contributed by atoms with E-state index in [9.17, 15) is 4.39 Å². The van der Waals surface area contributed by atoms with E-state index in [4.69, 9.17) is 5.73 Å². The third-order valence-corrected chi connectivity index (χ3v) is 2.28. The first-order valence-corrected chi connectivity index (χ1v) is 4.47. The normalized spacial score (nSPS) is 11.7. The summed E-state index contributed by atoms with van der Waals surface area (Å²) in [7, 11) is 3.35. The second-order valence-electron chi connectivity index (χ2n) is 3.30. The fourth-order valence-corrected chi connectivity index (χ4v) is 1.54. The molecule has 0 spiro atoms. The second kappa shape index (κ2) is 3.34. The first kappa shape index (κ1) is 9.64. The van der Waals surface area contributed by atoms with E-state index in [1.807, 2.05) is 0 Å². The number of nitrogen functional groups attached to an aromatic ring is 1. The van der Waals surface area contributed by atoms with E-state index in [2.05, 4.69) is 10.1 Å². The van der Waals surface area contributed by atoms with Crippen molar-refractivity contribution in [3.63, 3.8) is 0 Å². The number of nitrogens with two attached hydrogens (primary N) is 1. The fourth-order valence-electron chi connectivity index (χ4n) is 1.54. The van der Waals surface area contributed by atoms with Gasteiger partial charge in [0, 0.05) is 31.6 Å². The number of halogens is 1. The Bertz CT molecular complexity index is 542. The topological polar surface area (TPSA) is 56.2 Å². The minimum Gasteiger partial charge on any atom is -0.398 e. The van der Waals surface area contributed by atoms with E-state index in [0.29, 0.717) is 16.6 Å². The van der Waals surface area contributed by atoms with Crippen molar-refractivity contribution in [2.75, 3.05) is 12.8 Å². The zero-order chi connectivity index (χ0) is 11.0. The first-order valence-electron chi connectivity index (χ1n) is 4.47. The minimum absolute atomic E-state index is 0.434. The molecule has 5 heteroatoms. The maximum atomic E-state index is 13.3. The lowest BCUT2D eigenvalue weighted by molar-refractivity contribution is 0.562. The maximum Gasteiger partial charge on any atom is 0.240 e. The predicted octanol–water partition coefficient (Wildman–Crippen LogP) is 1.34. The van der Waals surface area contributed by atoms with Gasteiger partial charge in [-0.3, -0.25) is 9.67 Å². The summed E-state index contributed by atoms with van der Waals surface area (Å²) in [6, 6.07) is 3.35. The van der Waals surface area contributed by atoms with Crippen LogP contribution in [0, 0.1) is 5.95 Å². The Morgan fingerprint density at radius 1 is 1.53 bits per heavy atom. The molecule has 1 heterocycles. The third kappa shape index (κ3) is 1.45. The molecule has 2 rings (SSSR count). The van der Waals surface area contributed by atoms with Gasteiger partial charge in [-0.15, -0.1) is 5.10 Å². The monoisotopic (exact) mass is 206 g/mol. The van der Waals surface area contributed by atoms with Gasteiger partial charge < -0.3 is 5.73 Å². The summed E-state index contributed by atoms with van der Waals surface area (Å²) in [6.45, 7) is 0. The van der Waals surface area contributed by atoms with Gasteiger partial charge in [0.15, 0.2) is 0 Å². The van der Waals surface area contributed by atoms with Crippen molar-refractivity contribution >= 4 is 22.8 Å². The van der Waals surface area contributed by atoms with Crippen LogP contribution in [-0.4, -0.2) is 23.0 Å². The highest BCUT2D eigenvalue weighted by atomic mass is 19.1. The van der Waals surface area contributed by atoms with Gasteiger partial charge >= 0.3 is 0 Å². The van der Waals surface area contributed by atoms with Crippen LogP contribution in [0.2, 0.25) is 0 Å². The molecule has 0 radical (unpaired) electrons. The molecule has 0 saturated heterocycles. The molecule has 1 aromatic carbocycles. The molecule has 78 valence electrons. The van der Waals surface area contributed by atoms with Crippen LogP contribution >= 0.6 is 0 Å². The summed E-state index contributed by atoms with van der Waals surface area (Å²) >= 11 is 0. The van der Waals surface area contributed by atoms with Crippen LogP contribution in [0.1, 0.15) is 5.56 Å². The minimum atomic E-state index is -0.501. The molecule has 0 aliphatic rings. The molecule has 4 nitrogen and oxygen atoms in total. The zero-order valence-electron chi connectivity index (χ0n) is 8.53. The van der Waals surface area contributed by atoms with E-state index >= 15 is 0 Å². The lowest BCUT2D eigenvalue weighted by Crippen LogP contribution is -1.95. The number of aromatic nitrogens is 2. The third-order valence-electron chi connectivity index (χ3n) is 2.28. The van der Waals surface area contributed by atoms with Crippen LogP contribution in [0.25, 0.3) is 10.9 Å². The average molecular weight is 206 g/mol. The van der Waals surface area contributed by atoms with Crippen molar-refractivity contribution in [2.45, 2.75) is 0 Å². The molecule has 0 aliphatic heterocycles. The Labute approximate surface area is 86.2 Å². The number of benzene rings is 1. The first-order chi connectivity index (χ1) is 7.13. The summed E-state index contributed by atoms with van der Waals surface area (Å²) in [5.41, 5.74) is 7.73. The average Bonchev–Trinajstić information content (AvgIpc) is 2.44. The number of aliphatic imine (C=N–C) groups is 1. The summed E-state index contributed by atoms with van der Waals surface area (Å²) in [5, 5.41) is 4.12. The molecule has 0 bridgehead atoms. The molecule has 0 saturated carbocycles. The lowest BCUT2D eigenvalue weighted by atomic mass is 10.1. The molecule has 0 fully saturated rings. The Hall–Kier alpha value is -1.91. The van der Waals surface area contributed by atoms with Crippen LogP contribution in [0.3, 0.4) is 0 Å². The molecule has 2 aromatic rings. The number of fused-ring (bicyclic) bond motifs is 1. The van der Waals surface area contributed by atoms with Crippen LogP contribution < -0.4 is 5.73 Å². The van der Waals surface area contributed by atoms with E-state index < -0.39 is 5.95 Å². The largest absolute Gasteiger partial charge is 0.398 e. The van der Waals surface area contributed by atoms with Gasteiger partial charge in [-0.2, -0.15) is 4.39 Å². The van der Waals surface area contributed by atoms with E-state index in [-0.39, 0.29) is 0 Å². The van der Waals surface area contributed by atoms with Gasteiger partial charge in [-0.25, -0.2) is 0 Å². The highest BCUT2D eigenvalue weighted by Crippen LogP contribution is 2.22. The van der Waals surface area contributed by atoms with Crippen LogP contribution in [-0.2, 0) is 7.05 Å². The van der Waals surface area contributed by atoms with Crippen molar-refractivity contribution in [1.29, 1.82) is 0 Å². The fraction of sp³-hybridized carbons (Fsp3) is 0.200. The number of nitrogens with zero attached hydrogens (tertiary/aromatic N) is 3. The van der Waals surface area contributed by atoms with Crippen molar-refractivity contribution in [3.05, 3.63) is 23.6 Å². The van der Waals surface area contributed by atoms with Crippen LogP contribution in [0.15, 0.2) is 17.1 Å². The van der Waals surface area contributed by atoms with Gasteiger partial charge in [-0.05, 0) is 12.1 Å². The summed E-state index contributed by atoms with van der Waals surface area (Å²) in [5.74, 6) is -0.501. The molecule has 0 atom stereocenters. The van der Waals surface area contributed by atoms with Crippen molar-refractivity contribution in [3.8, 4) is 0 Å². The SMILES string of the molecule is C/N=C\c1cc2c(cc1N)c(F)nn2C. The standard InChI is InChI=1S/C10H11FN4/c1-13-5-6-3-9-7(4-8(6)12)10(11)14-15(9)2/h3-5H,12H2,1-2H3/b13-5-. The van der Waals surface area contributed by atoms with E-state index in [0.717, 1.165) is 5.56 Å². The molecule has 0 amide bonds. The lowest BCUT2D eigenvalue weighted by Gasteiger charge is -2.00. The predicted molar refractivity (Wildman–Crippen MR) is 58.6 cm³/mol. The van der Waals surface area contributed by atoms with Crippen LogP contribution in [0.4, 0.5) is 10.1 Å². The van der Waals surface area contributed by atoms with Crippen molar-refractivity contribution < 1.29 is 4.39 Å². The smallest absolute Gasteiger partial charge is 0.240 e. The maximum absolute atomic E-state index is 13.3. The van der Waals surface area contributed by atoms with Crippen molar-refractivity contribution in [1.82, 2.24) is 9.78 Å². The highest BCUT2D eigenvalue weighted by molar-refractivity contribution is 5.95. The van der Waals surface area contributed by atoms with Gasteiger partial charge in [0.1, 0.15) is 0 Å². The molecule has 0 unspecified atom stereocenters. The molecule has 15 heavy (non-hydrogen) atoms. The highest BCUT2D eigenvalue weighted by Gasteiger charge is 2.10. The number of hydrogen-bond donors (Lipinski definition) is 1. The van der Waals surface area contributed by atoms with Gasteiger partial charge in [0.25, 0.3) is 0 Å². The van der Waals surface area contributed by atoms with E-state index in [1.54, 1.807) is 32.4 Å². The summed E-state index contributed by atoms with van der Waals surface area (Å²) in [4.78, 5) is 3.88. The summed E-state index contributed by atoms with van der Waals surface area (Å²) in [6.07, 6.45) is 1.64. The Morgan fingerprint density at radius 3 is 2.93 bits per heavy atom. The summed E-state index contributed by atoms with van der Waals surface area (Å²) < 4.78 is 14.8. The van der Waals surface area contributed by atoms with Gasteiger partial charge in [0.2, 0.25) is 5.95 Å². The Morgan fingerprint density at radius 2 is 2.27 bits per heavy atom. The van der Waals surface area contributed by atoms with Gasteiger partial charge in [-0.1, -0.05) is 0 Å². The number of anilines is 1. The number of aryl methyl sites for hydroxylation is 1. The van der Waals surface area contributed by atoms with Crippen molar-refractivity contribution in [2.24, 2.45) is 12.0 Å². The molecule has 1 aromatic heterocycles. The molecule has 0 aliphatic carbocycles. The quantitative estimate of drug-likeness (QED) is 0.565.